The number of hydrogen-bond acceptors (Lipinski definition) is 3. The predicted octanol–water partition coefficient (Wildman–Crippen LogP) is 2.61. The minimum atomic E-state index is -0.780. The summed E-state index contributed by atoms with van der Waals surface area (Å²) in [5.74, 6) is -1.33. The Labute approximate surface area is 97.0 Å². The molecule has 0 radical (unpaired) electrons. The second-order valence-corrected chi connectivity index (χ2v) is 5.07. The maximum Gasteiger partial charge on any atom is 0.306 e. The van der Waals surface area contributed by atoms with Crippen LogP contribution in [0.25, 0.3) is 0 Å². The van der Waals surface area contributed by atoms with Gasteiger partial charge in [0.15, 0.2) is 0 Å². The molecule has 16 heavy (non-hydrogen) atoms. The van der Waals surface area contributed by atoms with E-state index in [1.807, 2.05) is 20.8 Å². The van der Waals surface area contributed by atoms with Gasteiger partial charge in [0.25, 0.3) is 0 Å². The van der Waals surface area contributed by atoms with Crippen molar-refractivity contribution < 1.29 is 19.4 Å². The van der Waals surface area contributed by atoms with Crippen LogP contribution in [0.15, 0.2) is 0 Å². The third-order valence-electron chi connectivity index (χ3n) is 2.11. The smallest absolute Gasteiger partial charge is 0.306 e. The van der Waals surface area contributed by atoms with Crippen molar-refractivity contribution >= 4 is 11.9 Å². The van der Waals surface area contributed by atoms with Gasteiger partial charge < -0.3 is 9.84 Å². The van der Waals surface area contributed by atoms with Gasteiger partial charge in [0, 0.05) is 6.42 Å². The summed E-state index contributed by atoms with van der Waals surface area (Å²) in [5, 5.41) is 8.65. The maximum atomic E-state index is 11.3. The van der Waals surface area contributed by atoms with Gasteiger partial charge in [-0.2, -0.15) is 0 Å². The van der Waals surface area contributed by atoms with Crippen molar-refractivity contribution in [3.8, 4) is 0 Å². The molecule has 0 aromatic heterocycles. The molecular formula is C12H22O4. The number of carboxylic acids is 1. The number of esters is 1. The molecule has 0 heterocycles. The topological polar surface area (TPSA) is 63.6 Å². The van der Waals surface area contributed by atoms with E-state index in [0.717, 1.165) is 6.42 Å². The molecule has 0 unspecified atom stereocenters. The minimum absolute atomic E-state index is 0.213. The molecule has 0 saturated carbocycles. The van der Waals surface area contributed by atoms with E-state index < -0.39 is 11.6 Å². The van der Waals surface area contributed by atoms with Gasteiger partial charge >= 0.3 is 11.9 Å². The average molecular weight is 230 g/mol. The zero-order valence-electron chi connectivity index (χ0n) is 10.6. The minimum Gasteiger partial charge on any atom is -0.481 e. The number of carbonyl (C=O) groups is 2. The van der Waals surface area contributed by atoms with Crippen LogP contribution in [0.4, 0.5) is 0 Å². The van der Waals surface area contributed by atoms with Gasteiger partial charge in [0.05, 0.1) is 5.92 Å². The van der Waals surface area contributed by atoms with Crippen molar-refractivity contribution in [3.05, 3.63) is 0 Å². The molecule has 4 nitrogen and oxygen atoms in total. The van der Waals surface area contributed by atoms with Crippen molar-refractivity contribution in [2.75, 3.05) is 0 Å². The van der Waals surface area contributed by atoms with Gasteiger partial charge in [-0.25, -0.2) is 0 Å². The van der Waals surface area contributed by atoms with Crippen LogP contribution in [0.2, 0.25) is 0 Å². The lowest BCUT2D eigenvalue weighted by atomic mass is 10.0. The number of ether oxygens (including phenoxy) is 1. The number of carboxylic acid groups (broad SMARTS) is 1. The number of hydrogen-bond donors (Lipinski definition) is 1. The Morgan fingerprint density at radius 2 is 1.81 bits per heavy atom. The summed E-state index contributed by atoms with van der Waals surface area (Å²) in [7, 11) is 0. The Morgan fingerprint density at radius 3 is 2.25 bits per heavy atom. The highest BCUT2D eigenvalue weighted by molar-refractivity contribution is 5.70. The lowest BCUT2D eigenvalue weighted by Crippen LogP contribution is -2.23. The lowest BCUT2D eigenvalue weighted by Gasteiger charge is -2.19. The molecule has 0 fully saturated rings. The van der Waals surface area contributed by atoms with E-state index in [0.29, 0.717) is 19.3 Å². The highest BCUT2D eigenvalue weighted by Crippen LogP contribution is 2.12. The monoisotopic (exact) mass is 230 g/mol. The molecular weight excluding hydrogens is 208 g/mol. The fourth-order valence-electron chi connectivity index (χ4n) is 1.24. The Hall–Kier alpha value is -1.06. The van der Waals surface area contributed by atoms with Crippen molar-refractivity contribution in [2.24, 2.45) is 5.92 Å². The van der Waals surface area contributed by atoms with Crippen LogP contribution in [-0.2, 0) is 14.3 Å². The van der Waals surface area contributed by atoms with E-state index in [1.165, 1.54) is 0 Å². The summed E-state index contributed by atoms with van der Waals surface area (Å²) >= 11 is 0. The van der Waals surface area contributed by atoms with Crippen LogP contribution in [0.5, 0.6) is 0 Å². The maximum absolute atomic E-state index is 11.3. The van der Waals surface area contributed by atoms with Gasteiger partial charge in [-0.1, -0.05) is 13.3 Å². The van der Waals surface area contributed by atoms with E-state index >= 15 is 0 Å². The van der Waals surface area contributed by atoms with Gasteiger partial charge in [-0.05, 0) is 33.6 Å². The zero-order valence-corrected chi connectivity index (χ0v) is 10.6. The van der Waals surface area contributed by atoms with Crippen molar-refractivity contribution in [1.82, 2.24) is 0 Å². The van der Waals surface area contributed by atoms with Crippen LogP contribution in [-0.4, -0.2) is 22.6 Å². The molecule has 0 spiro atoms. The van der Waals surface area contributed by atoms with E-state index in [1.54, 1.807) is 6.92 Å². The number of carbonyl (C=O) groups excluding carboxylic acids is 1. The summed E-state index contributed by atoms with van der Waals surface area (Å²) in [6.45, 7) is 7.17. The third-order valence-corrected chi connectivity index (χ3v) is 2.11. The summed E-state index contributed by atoms with van der Waals surface area (Å²) in [6, 6.07) is 0. The number of rotatable bonds is 6. The number of aliphatic carboxylic acids is 1. The molecule has 0 aliphatic heterocycles. The molecule has 0 amide bonds. The molecule has 0 bridgehead atoms. The molecule has 0 aromatic rings. The molecule has 0 aliphatic rings. The van der Waals surface area contributed by atoms with Crippen LogP contribution >= 0.6 is 0 Å². The van der Waals surface area contributed by atoms with Crippen molar-refractivity contribution in [3.63, 3.8) is 0 Å². The average Bonchev–Trinajstić information content (AvgIpc) is 2.08. The quantitative estimate of drug-likeness (QED) is 0.562. The first-order valence-corrected chi connectivity index (χ1v) is 5.67. The van der Waals surface area contributed by atoms with Crippen LogP contribution in [0.1, 0.15) is 53.4 Å². The van der Waals surface area contributed by atoms with E-state index in [4.69, 9.17) is 9.84 Å². The third kappa shape index (κ3) is 8.26. The molecule has 0 aromatic carbocycles. The van der Waals surface area contributed by atoms with Gasteiger partial charge in [0.1, 0.15) is 5.60 Å². The zero-order chi connectivity index (χ0) is 12.8. The number of unbranched alkanes of at least 4 members (excludes halogenated alkanes) is 1. The Bertz CT molecular complexity index is 240. The van der Waals surface area contributed by atoms with Crippen molar-refractivity contribution in [2.45, 2.75) is 59.0 Å². The standard InChI is InChI=1S/C12H22O4/c1-9(11(14)15)7-5-6-8-10(13)16-12(2,3)4/h9H,5-8H2,1-4H3,(H,14,15)/t9-/m0/s1. The Morgan fingerprint density at radius 1 is 1.25 bits per heavy atom. The van der Waals surface area contributed by atoms with Crippen LogP contribution < -0.4 is 0 Å². The summed E-state index contributed by atoms with van der Waals surface area (Å²) < 4.78 is 5.14. The largest absolute Gasteiger partial charge is 0.481 e. The Balaban J connectivity index is 3.60. The van der Waals surface area contributed by atoms with Gasteiger partial charge in [-0.3, -0.25) is 9.59 Å². The molecule has 0 rings (SSSR count). The van der Waals surface area contributed by atoms with E-state index in [2.05, 4.69) is 0 Å². The lowest BCUT2D eigenvalue weighted by molar-refractivity contribution is -0.154. The predicted molar refractivity (Wildman–Crippen MR) is 61.1 cm³/mol. The molecule has 1 N–H and O–H groups in total. The van der Waals surface area contributed by atoms with E-state index in [9.17, 15) is 9.59 Å². The first-order valence-electron chi connectivity index (χ1n) is 5.67. The second-order valence-electron chi connectivity index (χ2n) is 5.07. The second kappa shape index (κ2) is 6.51. The fourth-order valence-corrected chi connectivity index (χ4v) is 1.24. The van der Waals surface area contributed by atoms with Crippen molar-refractivity contribution in [1.29, 1.82) is 0 Å². The van der Waals surface area contributed by atoms with Crippen LogP contribution in [0, 0.1) is 5.92 Å². The highest BCUT2D eigenvalue weighted by Gasteiger charge is 2.16. The molecule has 1 atom stereocenters. The molecule has 94 valence electrons. The normalized spacial score (nSPS) is 13.2. The highest BCUT2D eigenvalue weighted by atomic mass is 16.6. The summed E-state index contributed by atoms with van der Waals surface area (Å²) in [6.07, 6.45) is 2.40. The SMILES string of the molecule is C[C@@H](CCCCC(=O)OC(C)(C)C)C(=O)O. The van der Waals surface area contributed by atoms with Crippen LogP contribution in [0.3, 0.4) is 0 Å². The van der Waals surface area contributed by atoms with E-state index in [-0.39, 0.29) is 11.9 Å². The van der Waals surface area contributed by atoms with Gasteiger partial charge in [0.2, 0.25) is 0 Å². The first-order chi connectivity index (χ1) is 7.22. The Kier molecular flexibility index (Phi) is 6.08. The molecule has 4 heteroatoms. The summed E-state index contributed by atoms with van der Waals surface area (Å²) in [4.78, 5) is 21.8. The van der Waals surface area contributed by atoms with Gasteiger partial charge in [-0.15, -0.1) is 0 Å². The first kappa shape index (κ1) is 14.9. The summed E-state index contributed by atoms with van der Waals surface area (Å²) in [5.41, 5.74) is -0.439. The molecule has 0 aliphatic carbocycles. The molecule has 0 saturated heterocycles. The fraction of sp³-hybridized carbons (Fsp3) is 0.833.